The molecule has 4 nitrogen and oxygen atoms in total. The lowest BCUT2D eigenvalue weighted by atomic mass is 10.0. The molecule has 0 fully saturated rings. The highest BCUT2D eigenvalue weighted by atomic mass is 16.3. The summed E-state index contributed by atoms with van der Waals surface area (Å²) in [5.74, 6) is 0.852. The highest BCUT2D eigenvalue weighted by Gasteiger charge is 2.19. The first-order valence-corrected chi connectivity index (χ1v) is 11.7. The molecular formula is C31H21N3O. The summed E-state index contributed by atoms with van der Waals surface area (Å²) >= 11 is 0. The molecule has 7 aromatic rings. The molecular weight excluding hydrogens is 430 g/mol. The van der Waals surface area contributed by atoms with E-state index < -0.39 is 0 Å². The van der Waals surface area contributed by atoms with Crippen LogP contribution in [0.4, 0.5) is 0 Å². The molecule has 0 spiro atoms. The zero-order chi connectivity index (χ0) is 23.4. The predicted octanol–water partition coefficient (Wildman–Crippen LogP) is 7.96. The number of imidazole rings is 1. The average Bonchev–Trinajstić information content (AvgIpc) is 3.47. The molecule has 3 heterocycles. The van der Waals surface area contributed by atoms with Crippen LogP contribution < -0.4 is 0 Å². The third kappa shape index (κ3) is 3.15. The van der Waals surface area contributed by atoms with Crippen molar-refractivity contribution in [3.63, 3.8) is 0 Å². The molecule has 0 aliphatic heterocycles. The number of aryl methyl sites for hydroxylation is 1. The Kier molecular flexibility index (Phi) is 4.33. The third-order valence-electron chi connectivity index (χ3n) is 6.56. The Morgan fingerprint density at radius 3 is 2.40 bits per heavy atom. The van der Waals surface area contributed by atoms with Gasteiger partial charge in [-0.05, 0) is 42.8 Å². The first-order valence-electron chi connectivity index (χ1n) is 11.7. The van der Waals surface area contributed by atoms with Gasteiger partial charge in [-0.25, -0.2) is 9.97 Å². The molecule has 4 heteroatoms. The van der Waals surface area contributed by atoms with Gasteiger partial charge in [0.2, 0.25) is 5.71 Å². The number of rotatable bonds is 3. The summed E-state index contributed by atoms with van der Waals surface area (Å²) in [4.78, 5) is 9.74. The van der Waals surface area contributed by atoms with Gasteiger partial charge in [0.05, 0.1) is 16.7 Å². The van der Waals surface area contributed by atoms with E-state index in [1.807, 2.05) is 30.5 Å². The van der Waals surface area contributed by atoms with Crippen LogP contribution in [0.2, 0.25) is 0 Å². The summed E-state index contributed by atoms with van der Waals surface area (Å²) in [5.41, 5.74) is 9.06. The molecule has 0 saturated carbocycles. The van der Waals surface area contributed by atoms with Crippen molar-refractivity contribution in [1.82, 2.24) is 14.5 Å². The Labute approximate surface area is 202 Å². The van der Waals surface area contributed by atoms with Crippen LogP contribution in [0.1, 0.15) is 5.56 Å². The van der Waals surface area contributed by atoms with Gasteiger partial charge in [0.1, 0.15) is 11.4 Å². The van der Waals surface area contributed by atoms with Gasteiger partial charge in [-0.3, -0.25) is 4.57 Å². The van der Waals surface area contributed by atoms with Gasteiger partial charge in [0, 0.05) is 28.1 Å². The molecule has 7 rings (SSSR count). The zero-order valence-corrected chi connectivity index (χ0v) is 19.1. The summed E-state index contributed by atoms with van der Waals surface area (Å²) in [5, 5.41) is 2.04. The van der Waals surface area contributed by atoms with Gasteiger partial charge in [0.15, 0.2) is 0 Å². The van der Waals surface area contributed by atoms with Crippen LogP contribution in [0.5, 0.6) is 0 Å². The van der Waals surface area contributed by atoms with E-state index in [-0.39, 0.29) is 0 Å². The highest BCUT2D eigenvalue weighted by Crippen LogP contribution is 2.36. The van der Waals surface area contributed by atoms with Crippen LogP contribution in [-0.4, -0.2) is 14.5 Å². The molecule has 0 N–H and O–H groups in total. The van der Waals surface area contributed by atoms with Crippen molar-refractivity contribution >= 4 is 33.1 Å². The van der Waals surface area contributed by atoms with E-state index in [1.54, 1.807) is 0 Å². The first-order chi connectivity index (χ1) is 17.3. The fourth-order valence-corrected chi connectivity index (χ4v) is 4.84. The average molecular weight is 452 g/mol. The van der Waals surface area contributed by atoms with E-state index in [1.165, 1.54) is 11.1 Å². The first kappa shape index (κ1) is 19.7. The van der Waals surface area contributed by atoms with Crippen LogP contribution in [0.15, 0.2) is 114 Å². The van der Waals surface area contributed by atoms with Gasteiger partial charge in [-0.2, -0.15) is 0 Å². The number of aromatic nitrogens is 3. The number of para-hydroxylation sites is 4. The monoisotopic (exact) mass is 451 g/mol. The molecule has 4 aromatic carbocycles. The maximum absolute atomic E-state index is 5.97. The molecule has 0 bridgehead atoms. The number of nitrogens with zero attached hydrogens (tertiary/aromatic N) is 3. The van der Waals surface area contributed by atoms with Crippen molar-refractivity contribution in [2.75, 3.05) is 0 Å². The molecule has 0 aliphatic rings. The third-order valence-corrected chi connectivity index (χ3v) is 6.56. The Balaban J connectivity index is 1.52. The van der Waals surface area contributed by atoms with Crippen LogP contribution in [0.3, 0.4) is 0 Å². The van der Waals surface area contributed by atoms with Crippen LogP contribution >= 0.6 is 0 Å². The normalized spacial score (nSPS) is 11.6. The minimum absolute atomic E-state index is 0.637. The number of pyridine rings is 1. The quantitative estimate of drug-likeness (QED) is 0.274. The summed E-state index contributed by atoms with van der Waals surface area (Å²) in [6, 6.07) is 35.6. The molecule has 0 saturated heterocycles. The molecule has 3 aromatic heterocycles. The second-order valence-corrected chi connectivity index (χ2v) is 8.82. The lowest BCUT2D eigenvalue weighted by Gasteiger charge is -2.15. The van der Waals surface area contributed by atoms with Gasteiger partial charge in [0.25, 0.3) is 0 Å². The Morgan fingerprint density at radius 2 is 1.49 bits per heavy atom. The predicted molar refractivity (Wildman–Crippen MR) is 142 cm³/mol. The lowest BCUT2D eigenvalue weighted by molar-refractivity contribution is 0.654. The number of hydrogen-bond donors (Lipinski definition) is 0. The zero-order valence-electron chi connectivity index (χ0n) is 19.1. The second kappa shape index (κ2) is 7.67. The number of fused-ring (bicyclic) bond motifs is 4. The number of hydrogen-bond acceptors (Lipinski definition) is 3. The van der Waals surface area contributed by atoms with Crippen LogP contribution in [0, 0.1) is 6.92 Å². The number of benzene rings is 4. The summed E-state index contributed by atoms with van der Waals surface area (Å²) < 4.78 is 8.21. The van der Waals surface area contributed by atoms with E-state index in [2.05, 4.69) is 95.3 Å². The topological polar surface area (TPSA) is 43.9 Å². The molecule has 0 atom stereocenters. The largest absolute Gasteiger partial charge is 0.438 e. The van der Waals surface area contributed by atoms with Crippen molar-refractivity contribution < 1.29 is 4.42 Å². The summed E-state index contributed by atoms with van der Waals surface area (Å²) in [6.07, 6.45) is 1.86. The van der Waals surface area contributed by atoms with Crippen molar-refractivity contribution in [2.45, 2.75) is 6.92 Å². The highest BCUT2D eigenvalue weighted by molar-refractivity contribution is 6.04. The fraction of sp³-hybridized carbons (Fsp3) is 0.0323. The van der Waals surface area contributed by atoms with Crippen LogP contribution in [0.25, 0.3) is 61.3 Å². The van der Waals surface area contributed by atoms with E-state index in [0.29, 0.717) is 5.71 Å². The Bertz CT molecular complexity index is 1860. The minimum atomic E-state index is 0.637. The van der Waals surface area contributed by atoms with Gasteiger partial charge in [-0.15, -0.1) is 0 Å². The molecule has 0 aliphatic carbocycles. The van der Waals surface area contributed by atoms with E-state index in [4.69, 9.17) is 9.40 Å². The van der Waals surface area contributed by atoms with Gasteiger partial charge < -0.3 is 4.42 Å². The SMILES string of the molecule is Cc1ccc(-c2ccccc2-n2c(-c3cnc4oc5ccccc5c4c3)nc3ccccc32)cc1. The molecule has 0 amide bonds. The summed E-state index contributed by atoms with van der Waals surface area (Å²) in [7, 11) is 0. The van der Waals surface area contributed by atoms with E-state index in [0.717, 1.165) is 50.0 Å². The Morgan fingerprint density at radius 1 is 0.714 bits per heavy atom. The standard InChI is InChI=1S/C31H21N3O/c1-20-14-16-21(17-15-20)23-8-2-5-11-27(23)34-28-12-6-4-10-26(28)33-30(34)22-18-25-24-9-3-7-13-29(24)35-31(25)32-19-22/h2-19H,1H3. The van der Waals surface area contributed by atoms with Crippen LogP contribution in [-0.2, 0) is 0 Å². The number of furan rings is 1. The molecule has 0 radical (unpaired) electrons. The molecule has 0 unspecified atom stereocenters. The van der Waals surface area contributed by atoms with Gasteiger partial charge >= 0.3 is 0 Å². The maximum atomic E-state index is 5.97. The van der Waals surface area contributed by atoms with Crippen molar-refractivity contribution in [2.24, 2.45) is 0 Å². The fourth-order valence-electron chi connectivity index (χ4n) is 4.84. The Hall–Kier alpha value is -4.70. The molecule has 35 heavy (non-hydrogen) atoms. The van der Waals surface area contributed by atoms with Gasteiger partial charge in [-0.1, -0.05) is 78.4 Å². The second-order valence-electron chi connectivity index (χ2n) is 8.82. The van der Waals surface area contributed by atoms with Crippen molar-refractivity contribution in [3.05, 3.63) is 115 Å². The van der Waals surface area contributed by atoms with E-state index in [9.17, 15) is 0 Å². The summed E-state index contributed by atoms with van der Waals surface area (Å²) in [6.45, 7) is 2.11. The smallest absolute Gasteiger partial charge is 0.227 e. The van der Waals surface area contributed by atoms with Crippen molar-refractivity contribution in [3.8, 4) is 28.2 Å². The maximum Gasteiger partial charge on any atom is 0.227 e. The molecule has 166 valence electrons. The minimum Gasteiger partial charge on any atom is -0.438 e. The lowest BCUT2D eigenvalue weighted by Crippen LogP contribution is -2.00. The van der Waals surface area contributed by atoms with E-state index >= 15 is 0 Å². The van der Waals surface area contributed by atoms with Crippen molar-refractivity contribution in [1.29, 1.82) is 0 Å².